The van der Waals surface area contributed by atoms with Crippen molar-refractivity contribution in [3.8, 4) is 11.1 Å². The Hall–Kier alpha value is -6.78. The molecule has 3 aliphatic carbocycles. The third-order valence-electron chi connectivity index (χ3n) is 20.1. The van der Waals surface area contributed by atoms with Gasteiger partial charge in [0.15, 0.2) is 0 Å². The molecule has 3 nitrogen and oxygen atoms in total. The predicted octanol–water partition coefficient (Wildman–Crippen LogP) is 18.9. The number of benzene rings is 8. The molecule has 2 heterocycles. The van der Waals surface area contributed by atoms with Gasteiger partial charge in [0.1, 0.15) is 0 Å². The second-order valence-corrected chi connectivity index (χ2v) is 29.5. The van der Waals surface area contributed by atoms with Gasteiger partial charge in [0.05, 0.1) is 11.4 Å². The Bertz CT molecular complexity index is 3720. The second kappa shape index (κ2) is 17.4. The second-order valence-electron chi connectivity index (χ2n) is 29.5. The van der Waals surface area contributed by atoms with E-state index in [1.54, 1.807) is 0 Å². The fourth-order valence-electron chi connectivity index (χ4n) is 15.5. The van der Waals surface area contributed by atoms with Crippen LogP contribution in [0.1, 0.15) is 175 Å². The molecular weight excluding hydrogens is 954 g/mol. The number of rotatable bonds is 6. The summed E-state index contributed by atoms with van der Waals surface area (Å²) in [6, 6.07) is 64.2. The van der Waals surface area contributed by atoms with Gasteiger partial charge in [-0.2, -0.15) is 0 Å². The van der Waals surface area contributed by atoms with Gasteiger partial charge in [-0.15, -0.1) is 0 Å². The van der Waals surface area contributed by atoms with Gasteiger partial charge in [0, 0.05) is 45.4 Å². The summed E-state index contributed by atoms with van der Waals surface area (Å²) in [6.07, 6.45) is 5.73. The first-order valence-corrected chi connectivity index (χ1v) is 29.7. The lowest BCUT2D eigenvalue weighted by Crippen LogP contribution is -2.62. The summed E-state index contributed by atoms with van der Waals surface area (Å²) >= 11 is 0. The molecule has 0 radical (unpaired) electrons. The average molecular weight is 1040 g/mol. The molecule has 400 valence electrons. The lowest BCUT2D eigenvalue weighted by atomic mass is 9.33. The zero-order valence-corrected chi connectivity index (χ0v) is 50.0. The van der Waals surface area contributed by atoms with Gasteiger partial charge in [0.2, 0.25) is 0 Å². The van der Waals surface area contributed by atoms with E-state index >= 15 is 0 Å². The Kier molecular flexibility index (Phi) is 11.4. The lowest BCUT2D eigenvalue weighted by Gasteiger charge is -2.48. The minimum atomic E-state index is -0.0569. The highest BCUT2D eigenvalue weighted by Crippen LogP contribution is 2.57. The van der Waals surface area contributed by atoms with Crippen molar-refractivity contribution >= 4 is 74.3 Å². The van der Waals surface area contributed by atoms with Crippen LogP contribution in [0.4, 0.5) is 51.2 Å². The summed E-state index contributed by atoms with van der Waals surface area (Å²) in [7, 11) is 0. The van der Waals surface area contributed by atoms with Gasteiger partial charge in [0.25, 0.3) is 6.71 Å². The molecule has 5 aliphatic rings. The monoisotopic (exact) mass is 1040 g/mol. The maximum atomic E-state index is 2.74. The highest BCUT2D eigenvalue weighted by atomic mass is 15.2. The molecule has 0 atom stereocenters. The van der Waals surface area contributed by atoms with Crippen LogP contribution in [-0.2, 0) is 37.9 Å². The predicted molar refractivity (Wildman–Crippen MR) is 341 cm³/mol. The van der Waals surface area contributed by atoms with E-state index in [1.807, 2.05) is 0 Å². The van der Waals surface area contributed by atoms with Crippen molar-refractivity contribution in [2.45, 2.75) is 174 Å². The standard InChI is InChI=1S/C75H82BN3/c1-69(2,3)49-31-34-63(54(39-49)48-25-19-16-20-26-48)79-65-46-60-58(74(12,13)47-75(60,14)15)44-62(65)76-61-43-57-59(73(10,11)38-37-72(57,8)9)45-64(61)78(52-32-33-55-56(40-52)71(6,7)36-35-70(55,4)5)66-41-53(42-67(79)68(66)76)77(50-27-21-17-22-28-50)51-29-23-18-24-30-51/h16-34,39-46H,35-38,47H2,1-15H3. The fraction of sp³-hybridized carbons (Fsp3) is 0.360. The molecule has 0 N–H and O–H groups in total. The molecule has 0 spiro atoms. The summed E-state index contributed by atoms with van der Waals surface area (Å²) in [5.74, 6) is 0. The van der Waals surface area contributed by atoms with Gasteiger partial charge in [-0.05, 0) is 204 Å². The molecule has 0 bridgehead atoms. The zero-order valence-electron chi connectivity index (χ0n) is 50.0. The average Bonchev–Trinajstić information content (AvgIpc) is 3.61. The van der Waals surface area contributed by atoms with Crippen LogP contribution in [-0.4, -0.2) is 6.71 Å². The van der Waals surface area contributed by atoms with Gasteiger partial charge < -0.3 is 14.7 Å². The summed E-state index contributed by atoms with van der Waals surface area (Å²) in [6.45, 7) is 36.9. The van der Waals surface area contributed by atoms with Crippen LogP contribution >= 0.6 is 0 Å². The van der Waals surface area contributed by atoms with Crippen molar-refractivity contribution < 1.29 is 0 Å². The van der Waals surface area contributed by atoms with E-state index in [2.05, 4.69) is 282 Å². The van der Waals surface area contributed by atoms with Crippen molar-refractivity contribution in [1.29, 1.82) is 0 Å². The number of anilines is 9. The molecule has 0 aromatic heterocycles. The topological polar surface area (TPSA) is 9.72 Å². The van der Waals surface area contributed by atoms with Crippen LogP contribution < -0.4 is 31.1 Å². The van der Waals surface area contributed by atoms with E-state index in [0.29, 0.717) is 0 Å². The van der Waals surface area contributed by atoms with Crippen LogP contribution in [0.25, 0.3) is 11.1 Å². The molecule has 0 fully saturated rings. The Morgan fingerprint density at radius 2 is 0.823 bits per heavy atom. The number of hydrogen-bond donors (Lipinski definition) is 0. The van der Waals surface area contributed by atoms with Crippen LogP contribution in [0, 0.1) is 0 Å². The first-order chi connectivity index (χ1) is 37.3. The molecule has 8 aromatic rings. The van der Waals surface area contributed by atoms with Gasteiger partial charge >= 0.3 is 0 Å². The van der Waals surface area contributed by atoms with Crippen molar-refractivity contribution in [2.75, 3.05) is 14.7 Å². The van der Waals surface area contributed by atoms with Gasteiger partial charge in [-0.3, -0.25) is 0 Å². The Morgan fingerprint density at radius 1 is 0.380 bits per heavy atom. The van der Waals surface area contributed by atoms with Gasteiger partial charge in [-0.25, -0.2) is 0 Å². The van der Waals surface area contributed by atoms with Crippen molar-refractivity contribution in [1.82, 2.24) is 0 Å². The number of hydrogen-bond acceptors (Lipinski definition) is 3. The quantitative estimate of drug-likeness (QED) is 0.154. The summed E-state index contributed by atoms with van der Waals surface area (Å²) in [5, 5.41) is 0. The normalized spacial score (nSPS) is 19.1. The highest BCUT2D eigenvalue weighted by molar-refractivity contribution is 7.00. The van der Waals surface area contributed by atoms with Crippen molar-refractivity contribution in [2.24, 2.45) is 0 Å². The molecule has 13 rings (SSSR count). The third kappa shape index (κ3) is 8.10. The van der Waals surface area contributed by atoms with E-state index in [1.165, 1.54) is 107 Å². The molecule has 0 amide bonds. The van der Waals surface area contributed by atoms with E-state index in [9.17, 15) is 0 Å². The SMILES string of the molecule is CC(C)(C)c1ccc(N2c3cc4c(cc3B3c5cc6c(cc5N(c5ccc7c(c5)C(C)(C)CCC7(C)C)c5cc(N(c7ccccc7)c7ccccc7)cc2c53)C(C)(C)CCC6(C)C)C(C)(C)CC4(C)C)c(-c2ccccc2)c1. The van der Waals surface area contributed by atoms with Crippen LogP contribution in [0.15, 0.2) is 164 Å². The number of nitrogens with zero attached hydrogens (tertiary/aromatic N) is 3. The molecule has 0 saturated carbocycles. The summed E-state index contributed by atoms with van der Waals surface area (Å²) in [4.78, 5) is 7.97. The van der Waals surface area contributed by atoms with E-state index in [-0.39, 0.29) is 44.6 Å². The fourth-order valence-corrected chi connectivity index (χ4v) is 15.5. The summed E-state index contributed by atoms with van der Waals surface area (Å²) < 4.78 is 0. The van der Waals surface area contributed by atoms with E-state index < -0.39 is 0 Å². The maximum absolute atomic E-state index is 2.74. The first kappa shape index (κ1) is 51.6. The smallest absolute Gasteiger partial charge is 0.252 e. The lowest BCUT2D eigenvalue weighted by molar-refractivity contribution is 0.332. The van der Waals surface area contributed by atoms with Gasteiger partial charge in [-0.1, -0.05) is 195 Å². The van der Waals surface area contributed by atoms with E-state index in [4.69, 9.17) is 0 Å². The van der Waals surface area contributed by atoms with Crippen LogP contribution in [0.2, 0.25) is 0 Å². The minimum Gasteiger partial charge on any atom is -0.311 e. The third-order valence-corrected chi connectivity index (χ3v) is 20.1. The van der Waals surface area contributed by atoms with Crippen LogP contribution in [0.5, 0.6) is 0 Å². The van der Waals surface area contributed by atoms with Crippen LogP contribution in [0.3, 0.4) is 0 Å². The largest absolute Gasteiger partial charge is 0.311 e. The Morgan fingerprint density at radius 3 is 1.35 bits per heavy atom. The minimum absolute atomic E-state index is 0.00286. The number of fused-ring (bicyclic) bond motifs is 7. The molecule has 0 unspecified atom stereocenters. The van der Waals surface area contributed by atoms with E-state index in [0.717, 1.165) is 42.7 Å². The summed E-state index contributed by atoms with van der Waals surface area (Å²) in [5.41, 5.74) is 27.8. The van der Waals surface area contributed by atoms with Crippen molar-refractivity contribution in [3.63, 3.8) is 0 Å². The first-order valence-electron chi connectivity index (χ1n) is 29.7. The zero-order chi connectivity index (χ0) is 55.6. The molecule has 79 heavy (non-hydrogen) atoms. The highest BCUT2D eigenvalue weighted by Gasteiger charge is 2.50. The molecule has 0 saturated heterocycles. The molecule has 4 heteroatoms. The maximum Gasteiger partial charge on any atom is 0.252 e. The molecule has 8 aromatic carbocycles. The molecule has 2 aliphatic heterocycles. The number of para-hydroxylation sites is 2. The molecular formula is C75H82BN3. The Labute approximate surface area is 474 Å². The van der Waals surface area contributed by atoms with Crippen molar-refractivity contribution in [3.05, 3.63) is 203 Å². The Balaban J connectivity index is 1.23.